The van der Waals surface area contributed by atoms with Gasteiger partial charge in [0.25, 0.3) is 0 Å². The number of esters is 1. The molecule has 0 atom stereocenters. The second kappa shape index (κ2) is 5.29. The Labute approximate surface area is 89.8 Å². The van der Waals surface area contributed by atoms with E-state index < -0.39 is 0 Å². The van der Waals surface area contributed by atoms with Crippen molar-refractivity contribution < 1.29 is 9.53 Å². The molecule has 0 radical (unpaired) electrons. The highest BCUT2D eigenvalue weighted by Crippen LogP contribution is 2.08. The second-order valence-electron chi connectivity index (χ2n) is 3.20. The second-order valence-corrected chi connectivity index (χ2v) is 3.20. The quantitative estimate of drug-likeness (QED) is 0.559. The number of pyridine rings is 1. The van der Waals surface area contributed by atoms with Crippen LogP contribution >= 0.6 is 0 Å². The first-order valence-corrected chi connectivity index (χ1v) is 4.93. The van der Waals surface area contributed by atoms with Gasteiger partial charge in [0, 0.05) is 17.8 Å². The maximum Gasteiger partial charge on any atom is 0.338 e. The highest BCUT2D eigenvalue weighted by Gasteiger charge is 2.08. The van der Waals surface area contributed by atoms with Crippen LogP contribution in [0.4, 0.5) is 0 Å². The van der Waals surface area contributed by atoms with Crippen LogP contribution in [-0.4, -0.2) is 17.6 Å². The lowest BCUT2D eigenvalue weighted by Crippen LogP contribution is -2.06. The number of aryl methyl sites for hydroxylation is 1. The minimum atomic E-state index is -0.298. The molecule has 0 aliphatic carbocycles. The average molecular weight is 205 g/mol. The Morgan fingerprint density at radius 2 is 2.33 bits per heavy atom. The monoisotopic (exact) mass is 205 g/mol. The van der Waals surface area contributed by atoms with Crippen LogP contribution in [0, 0.1) is 6.92 Å². The number of hydrogen-bond acceptors (Lipinski definition) is 3. The molecule has 1 aromatic rings. The van der Waals surface area contributed by atoms with Crippen LogP contribution in [0.15, 0.2) is 24.8 Å². The fourth-order valence-corrected chi connectivity index (χ4v) is 1.32. The molecule has 80 valence electrons. The SMILES string of the molecule is C=CCc1cc(C(=O)OCC)cc(C)n1. The molecule has 1 heterocycles. The van der Waals surface area contributed by atoms with Crippen molar-refractivity contribution in [3.8, 4) is 0 Å². The summed E-state index contributed by atoms with van der Waals surface area (Å²) in [6, 6.07) is 3.47. The van der Waals surface area contributed by atoms with Gasteiger partial charge in [-0.2, -0.15) is 0 Å². The third-order valence-corrected chi connectivity index (χ3v) is 1.87. The predicted octanol–water partition coefficient (Wildman–Crippen LogP) is 2.30. The molecule has 1 aromatic heterocycles. The number of aromatic nitrogens is 1. The number of carbonyl (C=O) groups excluding carboxylic acids is 1. The van der Waals surface area contributed by atoms with Gasteiger partial charge in [-0.15, -0.1) is 6.58 Å². The van der Waals surface area contributed by atoms with Gasteiger partial charge >= 0.3 is 5.97 Å². The Hall–Kier alpha value is -1.64. The molecule has 0 amide bonds. The van der Waals surface area contributed by atoms with E-state index in [1.54, 1.807) is 25.1 Å². The lowest BCUT2D eigenvalue weighted by Gasteiger charge is -2.04. The van der Waals surface area contributed by atoms with E-state index in [2.05, 4.69) is 11.6 Å². The Kier molecular flexibility index (Phi) is 4.03. The van der Waals surface area contributed by atoms with E-state index in [9.17, 15) is 4.79 Å². The summed E-state index contributed by atoms with van der Waals surface area (Å²) in [5, 5.41) is 0. The Morgan fingerprint density at radius 1 is 1.60 bits per heavy atom. The van der Waals surface area contributed by atoms with Crippen molar-refractivity contribution in [1.82, 2.24) is 4.98 Å². The molecule has 0 unspecified atom stereocenters. The van der Waals surface area contributed by atoms with E-state index in [0.29, 0.717) is 18.6 Å². The fourth-order valence-electron chi connectivity index (χ4n) is 1.32. The molecule has 0 N–H and O–H groups in total. The van der Waals surface area contributed by atoms with Crippen LogP contribution in [-0.2, 0) is 11.2 Å². The number of hydrogen-bond donors (Lipinski definition) is 0. The van der Waals surface area contributed by atoms with Gasteiger partial charge < -0.3 is 4.74 Å². The van der Waals surface area contributed by atoms with Crippen molar-refractivity contribution in [2.75, 3.05) is 6.61 Å². The number of nitrogens with zero attached hydrogens (tertiary/aromatic N) is 1. The first kappa shape index (κ1) is 11.4. The number of carbonyl (C=O) groups is 1. The zero-order chi connectivity index (χ0) is 11.3. The molecule has 3 heteroatoms. The smallest absolute Gasteiger partial charge is 0.338 e. The lowest BCUT2D eigenvalue weighted by molar-refractivity contribution is 0.0526. The molecule has 0 aliphatic heterocycles. The molecule has 15 heavy (non-hydrogen) atoms. The van der Waals surface area contributed by atoms with E-state index >= 15 is 0 Å². The zero-order valence-corrected chi connectivity index (χ0v) is 9.12. The molecule has 1 rings (SSSR count). The minimum absolute atomic E-state index is 0.298. The summed E-state index contributed by atoms with van der Waals surface area (Å²) >= 11 is 0. The molecule has 0 aromatic carbocycles. The third-order valence-electron chi connectivity index (χ3n) is 1.87. The molecule has 0 saturated carbocycles. The van der Waals surface area contributed by atoms with E-state index in [0.717, 1.165) is 11.4 Å². The van der Waals surface area contributed by atoms with Gasteiger partial charge in [-0.25, -0.2) is 4.79 Å². The van der Waals surface area contributed by atoms with Crippen LogP contribution in [0.2, 0.25) is 0 Å². The summed E-state index contributed by atoms with van der Waals surface area (Å²) in [4.78, 5) is 15.8. The van der Waals surface area contributed by atoms with Crippen molar-refractivity contribution in [2.24, 2.45) is 0 Å². The summed E-state index contributed by atoms with van der Waals surface area (Å²) < 4.78 is 4.92. The maximum absolute atomic E-state index is 11.5. The molecular weight excluding hydrogens is 190 g/mol. The highest BCUT2D eigenvalue weighted by atomic mass is 16.5. The highest BCUT2D eigenvalue weighted by molar-refractivity contribution is 5.89. The summed E-state index contributed by atoms with van der Waals surface area (Å²) in [5.74, 6) is -0.298. The lowest BCUT2D eigenvalue weighted by atomic mass is 10.1. The molecule has 0 aliphatic rings. The van der Waals surface area contributed by atoms with E-state index in [1.807, 2.05) is 6.92 Å². The molecule has 0 fully saturated rings. The van der Waals surface area contributed by atoms with Crippen molar-refractivity contribution in [2.45, 2.75) is 20.3 Å². The summed E-state index contributed by atoms with van der Waals surface area (Å²) in [5.41, 5.74) is 2.21. The van der Waals surface area contributed by atoms with Crippen LogP contribution < -0.4 is 0 Å². The number of rotatable bonds is 4. The van der Waals surface area contributed by atoms with Gasteiger partial charge in [-0.1, -0.05) is 6.08 Å². The van der Waals surface area contributed by atoms with Crippen LogP contribution in [0.3, 0.4) is 0 Å². The summed E-state index contributed by atoms with van der Waals surface area (Å²) in [6.45, 7) is 7.67. The van der Waals surface area contributed by atoms with Crippen molar-refractivity contribution in [3.63, 3.8) is 0 Å². The summed E-state index contributed by atoms with van der Waals surface area (Å²) in [7, 11) is 0. The fraction of sp³-hybridized carbons (Fsp3) is 0.333. The van der Waals surface area contributed by atoms with Gasteiger partial charge in [-0.3, -0.25) is 4.98 Å². The Balaban J connectivity index is 2.97. The van der Waals surface area contributed by atoms with Crippen molar-refractivity contribution in [3.05, 3.63) is 41.7 Å². The third kappa shape index (κ3) is 3.20. The van der Waals surface area contributed by atoms with Gasteiger partial charge in [-0.05, 0) is 26.0 Å². The van der Waals surface area contributed by atoms with Crippen LogP contribution in [0.25, 0.3) is 0 Å². The molecule has 0 spiro atoms. The topological polar surface area (TPSA) is 39.2 Å². The molecular formula is C12H15NO2. The normalized spacial score (nSPS) is 9.73. The van der Waals surface area contributed by atoms with Crippen molar-refractivity contribution >= 4 is 5.97 Å². The average Bonchev–Trinajstić information content (AvgIpc) is 2.17. The summed E-state index contributed by atoms with van der Waals surface area (Å²) in [6.07, 6.45) is 2.42. The minimum Gasteiger partial charge on any atom is -0.462 e. The first-order chi connectivity index (χ1) is 7.17. The van der Waals surface area contributed by atoms with Gasteiger partial charge in [0.05, 0.1) is 12.2 Å². The number of allylic oxidation sites excluding steroid dienone is 1. The molecule has 0 saturated heterocycles. The predicted molar refractivity (Wildman–Crippen MR) is 58.8 cm³/mol. The first-order valence-electron chi connectivity index (χ1n) is 4.93. The number of ether oxygens (including phenoxy) is 1. The Morgan fingerprint density at radius 3 is 2.93 bits per heavy atom. The standard InChI is InChI=1S/C12H15NO2/c1-4-6-11-8-10(7-9(3)13-11)12(14)15-5-2/h4,7-8H,1,5-6H2,2-3H3. The zero-order valence-electron chi connectivity index (χ0n) is 9.12. The van der Waals surface area contributed by atoms with E-state index in [4.69, 9.17) is 4.74 Å². The van der Waals surface area contributed by atoms with Crippen LogP contribution in [0.1, 0.15) is 28.7 Å². The largest absolute Gasteiger partial charge is 0.462 e. The van der Waals surface area contributed by atoms with Crippen molar-refractivity contribution in [1.29, 1.82) is 0 Å². The van der Waals surface area contributed by atoms with E-state index in [1.165, 1.54) is 0 Å². The van der Waals surface area contributed by atoms with E-state index in [-0.39, 0.29) is 5.97 Å². The Bertz CT molecular complexity index is 372. The molecule has 0 bridgehead atoms. The van der Waals surface area contributed by atoms with Gasteiger partial charge in [0.1, 0.15) is 0 Å². The van der Waals surface area contributed by atoms with Crippen LogP contribution in [0.5, 0.6) is 0 Å². The van der Waals surface area contributed by atoms with Gasteiger partial charge in [0.2, 0.25) is 0 Å². The molecule has 3 nitrogen and oxygen atoms in total. The van der Waals surface area contributed by atoms with Gasteiger partial charge in [0.15, 0.2) is 0 Å². The maximum atomic E-state index is 11.5.